The lowest BCUT2D eigenvalue weighted by molar-refractivity contribution is 0.0693. The maximum absolute atomic E-state index is 12.3. The van der Waals surface area contributed by atoms with E-state index >= 15 is 0 Å². The second-order valence-electron chi connectivity index (χ2n) is 6.80. The Morgan fingerprint density at radius 3 is 2.76 bits per heavy atom. The van der Waals surface area contributed by atoms with Gasteiger partial charge in [0.1, 0.15) is 6.29 Å². The minimum Gasteiger partial charge on any atom is -0.381 e. The molecule has 2 aliphatic heterocycles. The molecule has 0 radical (unpaired) electrons. The average Bonchev–Trinajstić information content (AvgIpc) is 2.95. The molecule has 3 heterocycles. The maximum atomic E-state index is 12.3. The van der Waals surface area contributed by atoms with Crippen molar-refractivity contribution in [1.29, 1.82) is 0 Å². The van der Waals surface area contributed by atoms with Crippen molar-refractivity contribution in [3.63, 3.8) is 0 Å². The van der Waals surface area contributed by atoms with Gasteiger partial charge in [-0.15, -0.1) is 0 Å². The number of nitrogens with one attached hydrogen (secondary N) is 1. The van der Waals surface area contributed by atoms with Gasteiger partial charge in [-0.3, -0.25) is 11.5 Å². The summed E-state index contributed by atoms with van der Waals surface area (Å²) in [6, 6.07) is 8.76. The predicted molar refractivity (Wildman–Crippen MR) is 95.8 cm³/mol. The van der Waals surface area contributed by atoms with Crippen molar-refractivity contribution < 1.29 is 9.53 Å². The molecule has 7 nitrogen and oxygen atoms in total. The standard InChI is InChI=1S/C18H25N5O2/c19-17(20)21-18(24)22-8-5-14-13-3-1-2-4-15(13)23(16(14)11-22)12-6-9-25-10-7-12/h1-4,12,17H,5-11,19-20H2,(H,21,24). The third-order valence-electron chi connectivity index (χ3n) is 5.23. The van der Waals surface area contributed by atoms with Crippen LogP contribution in [0.1, 0.15) is 30.1 Å². The Labute approximate surface area is 146 Å². The van der Waals surface area contributed by atoms with E-state index in [0.717, 1.165) is 32.5 Å². The summed E-state index contributed by atoms with van der Waals surface area (Å²) in [5, 5.41) is 3.89. The van der Waals surface area contributed by atoms with Crippen molar-refractivity contribution in [1.82, 2.24) is 14.8 Å². The van der Waals surface area contributed by atoms with Gasteiger partial charge in [-0.05, 0) is 30.9 Å². The fourth-order valence-electron chi connectivity index (χ4n) is 4.11. The lowest BCUT2D eigenvalue weighted by Gasteiger charge is -2.32. The van der Waals surface area contributed by atoms with Crippen LogP contribution >= 0.6 is 0 Å². The molecule has 134 valence electrons. The quantitative estimate of drug-likeness (QED) is 0.715. The van der Waals surface area contributed by atoms with Crippen molar-refractivity contribution >= 4 is 16.9 Å². The lowest BCUT2D eigenvalue weighted by atomic mass is 10.0. The molecule has 2 amide bonds. The lowest BCUT2D eigenvalue weighted by Crippen LogP contribution is -2.53. The molecule has 2 aliphatic rings. The normalized spacial score (nSPS) is 18.6. The van der Waals surface area contributed by atoms with Crippen LogP contribution in [0.2, 0.25) is 0 Å². The molecule has 1 saturated heterocycles. The number of hydrogen-bond donors (Lipinski definition) is 3. The van der Waals surface area contributed by atoms with Crippen LogP contribution in [0.4, 0.5) is 4.79 Å². The largest absolute Gasteiger partial charge is 0.381 e. The van der Waals surface area contributed by atoms with Gasteiger partial charge in [0.15, 0.2) is 0 Å². The molecule has 2 aromatic rings. The Balaban J connectivity index is 1.73. The van der Waals surface area contributed by atoms with Crippen LogP contribution < -0.4 is 16.8 Å². The fourth-order valence-corrected chi connectivity index (χ4v) is 4.11. The molecule has 0 spiro atoms. The van der Waals surface area contributed by atoms with Crippen molar-refractivity contribution in [2.24, 2.45) is 11.5 Å². The first-order chi connectivity index (χ1) is 12.1. The van der Waals surface area contributed by atoms with Gasteiger partial charge < -0.3 is 19.5 Å². The summed E-state index contributed by atoms with van der Waals surface area (Å²) in [6.07, 6.45) is 2.02. The topological polar surface area (TPSA) is 98.5 Å². The van der Waals surface area contributed by atoms with Crippen molar-refractivity contribution in [2.45, 2.75) is 38.1 Å². The molecule has 5 N–H and O–H groups in total. The molecular weight excluding hydrogens is 318 g/mol. The first-order valence-corrected chi connectivity index (χ1v) is 8.90. The number of carbonyl (C=O) groups excluding carboxylic acids is 1. The van der Waals surface area contributed by atoms with Gasteiger partial charge in [-0.2, -0.15) is 0 Å². The molecule has 25 heavy (non-hydrogen) atoms. The second-order valence-corrected chi connectivity index (χ2v) is 6.80. The van der Waals surface area contributed by atoms with Gasteiger partial charge in [-0.1, -0.05) is 18.2 Å². The number of benzene rings is 1. The van der Waals surface area contributed by atoms with Gasteiger partial charge in [0, 0.05) is 42.4 Å². The molecule has 0 aliphatic carbocycles. The zero-order chi connectivity index (χ0) is 17.4. The van der Waals surface area contributed by atoms with E-state index < -0.39 is 6.29 Å². The number of aromatic nitrogens is 1. The van der Waals surface area contributed by atoms with Crippen molar-refractivity contribution in [3.8, 4) is 0 Å². The number of urea groups is 1. The Bertz CT molecular complexity index is 779. The number of carbonyl (C=O) groups is 1. The van der Waals surface area contributed by atoms with Gasteiger partial charge in [-0.25, -0.2) is 4.79 Å². The Morgan fingerprint density at radius 1 is 1.24 bits per heavy atom. The predicted octanol–water partition coefficient (Wildman–Crippen LogP) is 1.26. The molecule has 4 rings (SSSR count). The Hall–Kier alpha value is -2.09. The Kier molecular flexibility index (Phi) is 4.37. The number of ether oxygens (including phenoxy) is 1. The van der Waals surface area contributed by atoms with E-state index in [9.17, 15) is 4.79 Å². The van der Waals surface area contributed by atoms with Gasteiger partial charge in [0.05, 0.1) is 6.54 Å². The molecule has 1 aromatic carbocycles. The molecular formula is C18H25N5O2. The van der Waals surface area contributed by atoms with Crippen LogP contribution in [0.3, 0.4) is 0 Å². The van der Waals surface area contributed by atoms with Gasteiger partial charge in [0.25, 0.3) is 0 Å². The van der Waals surface area contributed by atoms with Crippen molar-refractivity contribution in [2.75, 3.05) is 19.8 Å². The summed E-state index contributed by atoms with van der Waals surface area (Å²) in [5.41, 5.74) is 14.9. The summed E-state index contributed by atoms with van der Waals surface area (Å²) in [5.74, 6) is 0. The van der Waals surface area contributed by atoms with Crippen LogP contribution in [0.15, 0.2) is 24.3 Å². The Morgan fingerprint density at radius 2 is 2.00 bits per heavy atom. The highest BCUT2D eigenvalue weighted by molar-refractivity contribution is 5.86. The van der Waals surface area contributed by atoms with Crippen LogP contribution in [0.5, 0.6) is 0 Å². The molecule has 0 saturated carbocycles. The zero-order valence-electron chi connectivity index (χ0n) is 14.3. The zero-order valence-corrected chi connectivity index (χ0v) is 14.3. The summed E-state index contributed by atoms with van der Waals surface area (Å²) in [4.78, 5) is 14.1. The van der Waals surface area contributed by atoms with E-state index in [4.69, 9.17) is 16.2 Å². The molecule has 0 unspecified atom stereocenters. The number of nitrogens with two attached hydrogens (primary N) is 2. The van der Waals surface area contributed by atoms with Crippen LogP contribution in [0.25, 0.3) is 10.9 Å². The fraction of sp³-hybridized carbons (Fsp3) is 0.500. The molecule has 1 aromatic heterocycles. The average molecular weight is 343 g/mol. The van der Waals surface area contributed by atoms with E-state index in [1.807, 2.05) is 0 Å². The SMILES string of the molecule is NC(N)NC(=O)N1CCc2c(n(C3CCOCC3)c3ccccc23)C1. The number of hydrogen-bond acceptors (Lipinski definition) is 4. The van der Waals surface area contributed by atoms with Crippen LogP contribution in [-0.4, -0.2) is 41.5 Å². The summed E-state index contributed by atoms with van der Waals surface area (Å²) in [6.45, 7) is 2.84. The summed E-state index contributed by atoms with van der Waals surface area (Å²) in [7, 11) is 0. The van der Waals surface area contributed by atoms with Gasteiger partial charge >= 0.3 is 6.03 Å². The summed E-state index contributed by atoms with van der Waals surface area (Å²) >= 11 is 0. The first kappa shape index (κ1) is 16.4. The second kappa shape index (κ2) is 6.67. The van der Waals surface area contributed by atoms with Crippen molar-refractivity contribution in [3.05, 3.63) is 35.5 Å². The van der Waals surface area contributed by atoms with E-state index in [0.29, 0.717) is 19.1 Å². The number of nitrogens with zero attached hydrogens (tertiary/aromatic N) is 2. The third kappa shape index (κ3) is 2.99. The number of fused-ring (bicyclic) bond motifs is 3. The van der Waals surface area contributed by atoms with E-state index in [1.165, 1.54) is 22.2 Å². The maximum Gasteiger partial charge on any atom is 0.320 e. The monoisotopic (exact) mass is 343 g/mol. The van der Waals surface area contributed by atoms with Crippen LogP contribution in [-0.2, 0) is 17.7 Å². The third-order valence-corrected chi connectivity index (χ3v) is 5.23. The van der Waals surface area contributed by atoms with Crippen LogP contribution in [0, 0.1) is 0 Å². The molecule has 0 bridgehead atoms. The van der Waals surface area contributed by atoms with E-state index in [-0.39, 0.29) is 6.03 Å². The first-order valence-electron chi connectivity index (χ1n) is 8.90. The number of rotatable bonds is 2. The molecule has 1 fully saturated rings. The summed E-state index contributed by atoms with van der Waals surface area (Å²) < 4.78 is 7.98. The van der Waals surface area contributed by atoms with Gasteiger partial charge in [0.2, 0.25) is 0 Å². The smallest absolute Gasteiger partial charge is 0.320 e. The molecule has 0 atom stereocenters. The van der Waals surface area contributed by atoms with E-state index in [2.05, 4.69) is 34.1 Å². The number of amides is 2. The highest BCUT2D eigenvalue weighted by atomic mass is 16.5. The minimum atomic E-state index is -0.838. The highest BCUT2D eigenvalue weighted by Crippen LogP contribution is 2.36. The van der Waals surface area contributed by atoms with E-state index in [1.54, 1.807) is 4.90 Å². The molecule has 7 heteroatoms. The number of para-hydroxylation sites is 1. The minimum absolute atomic E-state index is 0.204. The highest BCUT2D eigenvalue weighted by Gasteiger charge is 2.29.